The molecule has 0 aliphatic carbocycles. The van der Waals surface area contributed by atoms with Gasteiger partial charge >= 0.3 is 13.1 Å². The molecule has 0 aliphatic rings. The van der Waals surface area contributed by atoms with E-state index >= 15 is 0 Å². The van der Waals surface area contributed by atoms with Crippen LogP contribution in [0.25, 0.3) is 0 Å². The molecule has 108 valence electrons. The van der Waals surface area contributed by atoms with Crippen LogP contribution in [0.5, 0.6) is 0 Å². The lowest BCUT2D eigenvalue weighted by atomic mass is 9.83. The highest BCUT2D eigenvalue weighted by atomic mass is 35.5. The van der Waals surface area contributed by atoms with Crippen molar-refractivity contribution in [3.63, 3.8) is 0 Å². The summed E-state index contributed by atoms with van der Waals surface area (Å²) in [6.07, 6.45) is 2.13. The summed E-state index contributed by atoms with van der Waals surface area (Å²) < 4.78 is 1.15. The summed E-state index contributed by atoms with van der Waals surface area (Å²) in [7, 11) is -1.31. The molecule has 0 fully saturated rings. The molecule has 0 bridgehead atoms. The number of halogens is 1. The number of carboxylic acid groups (broad SMARTS) is 1. The minimum atomic E-state index is -1.31. The Morgan fingerprint density at radius 2 is 2.11 bits per heavy atom. The van der Waals surface area contributed by atoms with Crippen LogP contribution in [-0.2, 0) is 11.3 Å². The number of aliphatic carboxylic acids is 1. The molecule has 1 atom stereocenters. The number of hydrogen-bond acceptors (Lipinski definition) is 7. The second kappa shape index (κ2) is 8.80. The van der Waals surface area contributed by atoms with Gasteiger partial charge in [0, 0.05) is 0 Å². The fourth-order valence-corrected chi connectivity index (χ4v) is 1.54. The Morgan fingerprint density at radius 1 is 1.42 bits per heavy atom. The Bertz CT molecular complexity index is 391. The maximum absolute atomic E-state index is 10.6. The number of nitrogens with zero attached hydrogens (tertiary/aromatic N) is 4. The standard InChI is InChI=1S/C8H16BN5O4.ClH/c10-6(3-1-2-4-9(17)18)8-11-12-13-14(8)5-7(15)16;/h6,17-18H,1-5,10H2,(H,15,16);1H. The van der Waals surface area contributed by atoms with E-state index in [4.69, 9.17) is 20.9 Å². The van der Waals surface area contributed by atoms with Crippen LogP contribution in [0.15, 0.2) is 0 Å². The third-order valence-electron chi connectivity index (χ3n) is 2.40. The van der Waals surface area contributed by atoms with Gasteiger partial charge in [-0.25, -0.2) is 4.68 Å². The number of unbranched alkanes of at least 4 members (excludes halogenated alkanes) is 1. The van der Waals surface area contributed by atoms with Gasteiger partial charge in [-0.15, -0.1) is 17.5 Å². The van der Waals surface area contributed by atoms with Crippen LogP contribution in [0.1, 0.15) is 31.1 Å². The fraction of sp³-hybridized carbons (Fsp3) is 0.750. The average Bonchev–Trinajstić information content (AvgIpc) is 2.71. The van der Waals surface area contributed by atoms with Gasteiger partial charge in [0.15, 0.2) is 5.82 Å². The molecule has 5 N–H and O–H groups in total. The molecule has 0 amide bonds. The van der Waals surface area contributed by atoms with Gasteiger partial charge < -0.3 is 20.9 Å². The van der Waals surface area contributed by atoms with E-state index < -0.39 is 19.1 Å². The molecule has 19 heavy (non-hydrogen) atoms. The molecule has 1 heterocycles. The first kappa shape index (κ1) is 17.8. The number of carboxylic acids is 1. The summed E-state index contributed by atoms with van der Waals surface area (Å²) in [5.74, 6) is -0.721. The predicted octanol–water partition coefficient (Wildman–Crippen LogP) is -1.18. The third-order valence-corrected chi connectivity index (χ3v) is 2.40. The van der Waals surface area contributed by atoms with Gasteiger partial charge in [0.2, 0.25) is 0 Å². The van der Waals surface area contributed by atoms with Gasteiger partial charge in [-0.2, -0.15) is 0 Å². The Hall–Kier alpha value is -1.23. The molecule has 1 rings (SSSR count). The highest BCUT2D eigenvalue weighted by molar-refractivity contribution is 6.40. The van der Waals surface area contributed by atoms with E-state index in [2.05, 4.69) is 15.5 Å². The molecule has 9 nitrogen and oxygen atoms in total. The van der Waals surface area contributed by atoms with Gasteiger partial charge in [-0.1, -0.05) is 12.8 Å². The maximum Gasteiger partial charge on any atom is 0.451 e. The van der Waals surface area contributed by atoms with E-state index in [-0.39, 0.29) is 25.3 Å². The largest absolute Gasteiger partial charge is 0.480 e. The first-order chi connectivity index (χ1) is 8.50. The number of rotatable bonds is 8. The smallest absolute Gasteiger partial charge is 0.451 e. The number of hydrogen-bond donors (Lipinski definition) is 4. The van der Waals surface area contributed by atoms with Crippen molar-refractivity contribution in [3.8, 4) is 0 Å². The second-order valence-electron chi connectivity index (χ2n) is 3.96. The first-order valence-electron chi connectivity index (χ1n) is 5.60. The lowest BCUT2D eigenvalue weighted by molar-refractivity contribution is -0.138. The highest BCUT2D eigenvalue weighted by Gasteiger charge is 2.16. The van der Waals surface area contributed by atoms with E-state index in [9.17, 15) is 4.79 Å². The average molecular weight is 294 g/mol. The van der Waals surface area contributed by atoms with Crippen LogP contribution in [0.2, 0.25) is 6.32 Å². The van der Waals surface area contributed by atoms with Crippen LogP contribution in [-0.4, -0.2) is 48.4 Å². The monoisotopic (exact) mass is 293 g/mol. The topological polar surface area (TPSA) is 147 Å². The van der Waals surface area contributed by atoms with E-state index in [0.717, 1.165) is 4.68 Å². The summed E-state index contributed by atoms with van der Waals surface area (Å²) in [4.78, 5) is 10.6. The zero-order valence-electron chi connectivity index (χ0n) is 10.2. The van der Waals surface area contributed by atoms with Crippen molar-refractivity contribution in [2.75, 3.05) is 0 Å². The number of nitrogens with two attached hydrogens (primary N) is 1. The molecule has 0 spiro atoms. The van der Waals surface area contributed by atoms with Crippen molar-refractivity contribution in [1.82, 2.24) is 20.2 Å². The Morgan fingerprint density at radius 3 is 2.68 bits per heavy atom. The molecule has 1 aromatic rings. The third kappa shape index (κ3) is 6.48. The van der Waals surface area contributed by atoms with Gasteiger partial charge in [0.05, 0.1) is 6.04 Å². The van der Waals surface area contributed by atoms with Gasteiger partial charge in [-0.05, 0) is 23.2 Å². The van der Waals surface area contributed by atoms with Crippen LogP contribution >= 0.6 is 12.4 Å². The zero-order valence-corrected chi connectivity index (χ0v) is 11.0. The van der Waals surface area contributed by atoms with Gasteiger partial charge in [0.1, 0.15) is 6.54 Å². The predicted molar refractivity (Wildman–Crippen MR) is 68.5 cm³/mol. The summed E-state index contributed by atoms with van der Waals surface area (Å²) in [5, 5.41) is 36.6. The molecule has 11 heteroatoms. The summed E-state index contributed by atoms with van der Waals surface area (Å²) in [5.41, 5.74) is 5.85. The molecule has 0 saturated heterocycles. The zero-order chi connectivity index (χ0) is 13.5. The van der Waals surface area contributed by atoms with Crippen LogP contribution in [0, 0.1) is 0 Å². The summed E-state index contributed by atoms with van der Waals surface area (Å²) >= 11 is 0. The summed E-state index contributed by atoms with van der Waals surface area (Å²) in [6.45, 7) is -0.328. The Kier molecular flexibility index (Phi) is 8.24. The molecular formula is C8H17BClN5O4. The molecule has 1 unspecified atom stereocenters. The molecule has 1 aromatic heterocycles. The molecule has 0 aromatic carbocycles. The van der Waals surface area contributed by atoms with Crippen LogP contribution in [0.4, 0.5) is 0 Å². The normalized spacial score (nSPS) is 11.7. The van der Waals surface area contributed by atoms with Crippen molar-refractivity contribution < 1.29 is 19.9 Å². The lowest BCUT2D eigenvalue weighted by Gasteiger charge is -2.10. The summed E-state index contributed by atoms with van der Waals surface area (Å²) in [6, 6.07) is -0.463. The molecule has 0 saturated carbocycles. The van der Waals surface area contributed by atoms with Crippen molar-refractivity contribution in [2.24, 2.45) is 5.73 Å². The fourth-order valence-electron chi connectivity index (χ4n) is 1.54. The lowest BCUT2D eigenvalue weighted by Crippen LogP contribution is -2.20. The van der Waals surface area contributed by atoms with Crippen LogP contribution < -0.4 is 5.73 Å². The van der Waals surface area contributed by atoms with Crippen molar-refractivity contribution in [3.05, 3.63) is 5.82 Å². The Labute approximate surface area is 116 Å². The number of carbonyl (C=O) groups is 1. The number of aromatic nitrogens is 4. The van der Waals surface area contributed by atoms with Gasteiger partial charge in [0.25, 0.3) is 0 Å². The van der Waals surface area contributed by atoms with E-state index in [1.54, 1.807) is 0 Å². The highest BCUT2D eigenvalue weighted by Crippen LogP contribution is 2.14. The molecular weight excluding hydrogens is 276 g/mol. The quantitative estimate of drug-likeness (QED) is 0.346. The second-order valence-corrected chi connectivity index (χ2v) is 3.96. The number of tetrazole rings is 1. The van der Waals surface area contributed by atoms with E-state index in [0.29, 0.717) is 25.1 Å². The maximum atomic E-state index is 10.6. The first-order valence-corrected chi connectivity index (χ1v) is 5.60. The minimum absolute atomic E-state index is 0. The van der Waals surface area contributed by atoms with E-state index in [1.807, 2.05) is 0 Å². The minimum Gasteiger partial charge on any atom is -0.480 e. The Balaban J connectivity index is 0.00000324. The van der Waals surface area contributed by atoms with Crippen molar-refractivity contribution >= 4 is 25.5 Å². The van der Waals surface area contributed by atoms with E-state index in [1.165, 1.54) is 0 Å². The molecule has 0 aliphatic heterocycles. The van der Waals surface area contributed by atoms with Crippen molar-refractivity contribution in [1.29, 1.82) is 0 Å². The SMILES string of the molecule is Cl.NC(CCCCB(O)O)c1nnnn1CC(=O)O. The van der Waals surface area contributed by atoms with Crippen molar-refractivity contribution in [2.45, 2.75) is 38.2 Å². The van der Waals surface area contributed by atoms with Gasteiger partial charge in [-0.3, -0.25) is 4.79 Å². The van der Waals surface area contributed by atoms with Crippen LogP contribution in [0.3, 0.4) is 0 Å². The molecule has 0 radical (unpaired) electrons.